The Labute approximate surface area is 83.3 Å². The van der Waals surface area contributed by atoms with Gasteiger partial charge in [-0.25, -0.2) is 4.79 Å². The molecule has 0 amide bonds. The van der Waals surface area contributed by atoms with Gasteiger partial charge in [-0.2, -0.15) is 0 Å². The van der Waals surface area contributed by atoms with Gasteiger partial charge in [0.1, 0.15) is 0 Å². The van der Waals surface area contributed by atoms with Crippen molar-refractivity contribution in [3.8, 4) is 0 Å². The Morgan fingerprint density at radius 2 is 2.00 bits per heavy atom. The summed E-state index contributed by atoms with van der Waals surface area (Å²) in [6.07, 6.45) is 0.0165. The van der Waals surface area contributed by atoms with Crippen molar-refractivity contribution in [3.05, 3.63) is 35.4 Å². The van der Waals surface area contributed by atoms with Gasteiger partial charge in [-0.05, 0) is 31.5 Å². The van der Waals surface area contributed by atoms with Crippen molar-refractivity contribution >= 4 is 5.97 Å². The molecule has 76 valence electrons. The molecule has 3 nitrogen and oxygen atoms in total. The first-order chi connectivity index (χ1) is 6.65. The minimum Gasteiger partial charge on any atom is -0.478 e. The van der Waals surface area contributed by atoms with Gasteiger partial charge in [-0.1, -0.05) is 12.1 Å². The van der Waals surface area contributed by atoms with E-state index in [1.54, 1.807) is 24.3 Å². The summed E-state index contributed by atoms with van der Waals surface area (Å²) in [5.74, 6) is -0.902. The van der Waals surface area contributed by atoms with Gasteiger partial charge in [0.15, 0.2) is 0 Å². The van der Waals surface area contributed by atoms with Crippen LogP contribution in [0.3, 0.4) is 0 Å². The zero-order chi connectivity index (χ0) is 10.6. The first kappa shape index (κ1) is 10.7. The van der Waals surface area contributed by atoms with Crippen molar-refractivity contribution in [1.82, 2.24) is 0 Å². The third-order valence-corrected chi connectivity index (χ3v) is 2.04. The maximum absolute atomic E-state index is 10.6. The number of ether oxygens (including phenoxy) is 1. The number of hydrogen-bond acceptors (Lipinski definition) is 2. The van der Waals surface area contributed by atoms with Crippen LogP contribution in [0.25, 0.3) is 0 Å². The number of carboxylic acids is 1. The van der Waals surface area contributed by atoms with Gasteiger partial charge in [0, 0.05) is 6.61 Å². The Kier molecular flexibility index (Phi) is 3.65. The molecule has 0 spiro atoms. The van der Waals surface area contributed by atoms with Gasteiger partial charge in [0.25, 0.3) is 0 Å². The van der Waals surface area contributed by atoms with E-state index in [0.29, 0.717) is 12.2 Å². The smallest absolute Gasteiger partial charge is 0.335 e. The topological polar surface area (TPSA) is 46.5 Å². The Morgan fingerprint density at radius 1 is 1.43 bits per heavy atom. The molecule has 1 aromatic rings. The number of hydrogen-bond donors (Lipinski definition) is 1. The highest BCUT2D eigenvalue weighted by molar-refractivity contribution is 5.87. The number of benzene rings is 1. The maximum atomic E-state index is 10.6. The molecule has 3 heteroatoms. The van der Waals surface area contributed by atoms with E-state index in [1.165, 1.54) is 0 Å². The lowest BCUT2D eigenvalue weighted by atomic mass is 10.1. The summed E-state index contributed by atoms with van der Waals surface area (Å²) in [5, 5.41) is 8.69. The summed E-state index contributed by atoms with van der Waals surface area (Å²) in [6, 6.07) is 6.74. The summed E-state index contributed by atoms with van der Waals surface area (Å²) < 4.78 is 5.38. The molecule has 0 saturated heterocycles. The van der Waals surface area contributed by atoms with Crippen molar-refractivity contribution in [2.24, 2.45) is 0 Å². The van der Waals surface area contributed by atoms with E-state index in [1.807, 2.05) is 13.8 Å². The van der Waals surface area contributed by atoms with Crippen LogP contribution in [-0.4, -0.2) is 17.7 Å². The Hall–Kier alpha value is -1.35. The van der Waals surface area contributed by atoms with Crippen LogP contribution in [0.15, 0.2) is 24.3 Å². The second-order valence-corrected chi connectivity index (χ2v) is 3.02. The third-order valence-electron chi connectivity index (χ3n) is 2.04. The minimum absolute atomic E-state index is 0.0165. The quantitative estimate of drug-likeness (QED) is 0.800. The Morgan fingerprint density at radius 3 is 2.43 bits per heavy atom. The molecule has 1 atom stereocenters. The molecule has 1 rings (SSSR count). The predicted molar refractivity (Wildman–Crippen MR) is 53.4 cm³/mol. The lowest BCUT2D eigenvalue weighted by molar-refractivity contribution is 0.0694. The highest BCUT2D eigenvalue weighted by atomic mass is 16.5. The van der Waals surface area contributed by atoms with E-state index in [-0.39, 0.29) is 6.10 Å². The van der Waals surface area contributed by atoms with Gasteiger partial charge >= 0.3 is 5.97 Å². The van der Waals surface area contributed by atoms with E-state index in [9.17, 15) is 4.79 Å². The van der Waals surface area contributed by atoms with Crippen LogP contribution in [0.5, 0.6) is 0 Å². The van der Waals surface area contributed by atoms with E-state index in [2.05, 4.69) is 0 Å². The Balaban J connectivity index is 2.77. The summed E-state index contributed by atoms with van der Waals surface area (Å²) in [4.78, 5) is 10.6. The summed E-state index contributed by atoms with van der Waals surface area (Å²) in [7, 11) is 0. The average Bonchev–Trinajstić information content (AvgIpc) is 2.18. The zero-order valence-corrected chi connectivity index (χ0v) is 8.36. The first-order valence-electron chi connectivity index (χ1n) is 4.60. The molecule has 0 aromatic heterocycles. The van der Waals surface area contributed by atoms with E-state index in [0.717, 1.165) is 5.56 Å². The van der Waals surface area contributed by atoms with E-state index in [4.69, 9.17) is 9.84 Å². The average molecular weight is 194 g/mol. The van der Waals surface area contributed by atoms with E-state index < -0.39 is 5.97 Å². The summed E-state index contributed by atoms with van der Waals surface area (Å²) >= 11 is 0. The van der Waals surface area contributed by atoms with Crippen LogP contribution < -0.4 is 0 Å². The number of rotatable bonds is 4. The van der Waals surface area contributed by atoms with Crippen LogP contribution in [-0.2, 0) is 4.74 Å². The second-order valence-electron chi connectivity index (χ2n) is 3.02. The molecule has 0 unspecified atom stereocenters. The van der Waals surface area contributed by atoms with Crippen LogP contribution >= 0.6 is 0 Å². The fraction of sp³-hybridized carbons (Fsp3) is 0.364. The van der Waals surface area contributed by atoms with Crippen LogP contribution in [0.4, 0.5) is 0 Å². The highest BCUT2D eigenvalue weighted by Gasteiger charge is 2.06. The lowest BCUT2D eigenvalue weighted by Crippen LogP contribution is -2.01. The van der Waals surface area contributed by atoms with Gasteiger partial charge in [0.2, 0.25) is 0 Å². The van der Waals surface area contributed by atoms with Crippen LogP contribution in [0.1, 0.15) is 35.9 Å². The van der Waals surface area contributed by atoms with Gasteiger partial charge in [0.05, 0.1) is 11.7 Å². The van der Waals surface area contributed by atoms with Crippen molar-refractivity contribution in [3.63, 3.8) is 0 Å². The lowest BCUT2D eigenvalue weighted by Gasteiger charge is -2.11. The standard InChI is InChI=1S/C11H14O3/c1-3-14-8(2)9-4-6-10(7-5-9)11(12)13/h4-8H,3H2,1-2H3,(H,12,13)/t8-/m0/s1. The number of carbonyl (C=O) groups is 1. The molecular formula is C11H14O3. The fourth-order valence-electron chi connectivity index (χ4n) is 1.24. The predicted octanol–water partition coefficient (Wildman–Crippen LogP) is 2.48. The van der Waals surface area contributed by atoms with Gasteiger partial charge < -0.3 is 9.84 Å². The molecule has 0 saturated carbocycles. The molecule has 0 bridgehead atoms. The summed E-state index contributed by atoms with van der Waals surface area (Å²) in [6.45, 7) is 4.53. The van der Waals surface area contributed by atoms with Crippen molar-refractivity contribution in [2.75, 3.05) is 6.61 Å². The molecule has 0 aliphatic heterocycles. The first-order valence-corrected chi connectivity index (χ1v) is 4.60. The minimum atomic E-state index is -0.902. The number of aromatic carboxylic acids is 1. The molecular weight excluding hydrogens is 180 g/mol. The summed E-state index contributed by atoms with van der Waals surface area (Å²) in [5.41, 5.74) is 1.30. The molecule has 14 heavy (non-hydrogen) atoms. The monoisotopic (exact) mass is 194 g/mol. The SMILES string of the molecule is CCO[C@@H](C)c1ccc(C(=O)O)cc1. The van der Waals surface area contributed by atoms with Gasteiger partial charge in [-0.3, -0.25) is 0 Å². The molecule has 0 fully saturated rings. The van der Waals surface area contributed by atoms with Crippen LogP contribution in [0, 0.1) is 0 Å². The normalized spacial score (nSPS) is 12.4. The fourth-order valence-corrected chi connectivity index (χ4v) is 1.24. The molecule has 1 aromatic carbocycles. The van der Waals surface area contributed by atoms with Crippen LogP contribution in [0.2, 0.25) is 0 Å². The van der Waals surface area contributed by atoms with Crippen molar-refractivity contribution in [1.29, 1.82) is 0 Å². The zero-order valence-electron chi connectivity index (χ0n) is 8.36. The molecule has 0 aliphatic carbocycles. The van der Waals surface area contributed by atoms with E-state index >= 15 is 0 Å². The second kappa shape index (κ2) is 4.77. The molecule has 0 radical (unpaired) electrons. The third kappa shape index (κ3) is 2.57. The molecule has 0 heterocycles. The van der Waals surface area contributed by atoms with Crippen molar-refractivity contribution < 1.29 is 14.6 Å². The maximum Gasteiger partial charge on any atom is 0.335 e. The largest absolute Gasteiger partial charge is 0.478 e. The van der Waals surface area contributed by atoms with Crippen molar-refractivity contribution in [2.45, 2.75) is 20.0 Å². The highest BCUT2D eigenvalue weighted by Crippen LogP contribution is 2.16. The van der Waals surface area contributed by atoms with Gasteiger partial charge in [-0.15, -0.1) is 0 Å². The molecule has 1 N–H and O–H groups in total. The Bertz CT molecular complexity index is 303. The molecule has 0 aliphatic rings. The number of carboxylic acid groups (broad SMARTS) is 1.